The van der Waals surface area contributed by atoms with Gasteiger partial charge in [-0.25, -0.2) is 8.78 Å². The molecule has 3 aromatic carbocycles. The van der Waals surface area contributed by atoms with Gasteiger partial charge < -0.3 is 24.3 Å². The second-order valence-electron chi connectivity index (χ2n) is 9.73. The predicted molar refractivity (Wildman–Crippen MR) is 162 cm³/mol. The number of nitrogens with zero attached hydrogens (tertiary/aromatic N) is 1. The van der Waals surface area contributed by atoms with Gasteiger partial charge in [0, 0.05) is 29.6 Å². The van der Waals surface area contributed by atoms with Crippen LogP contribution in [0, 0.1) is 18.6 Å². The van der Waals surface area contributed by atoms with Gasteiger partial charge in [0.15, 0.2) is 0 Å². The molecular formula is C33H30ClF2NO6. The largest absolute Gasteiger partial charge is 0.490 e. The fourth-order valence-corrected chi connectivity index (χ4v) is 4.91. The highest BCUT2D eigenvalue weighted by Gasteiger charge is 2.18. The number of aromatic nitrogens is 1. The lowest BCUT2D eigenvalue weighted by atomic mass is 10.0. The molecule has 224 valence electrons. The quantitative estimate of drug-likeness (QED) is 0.0870. The molecule has 0 saturated heterocycles. The third kappa shape index (κ3) is 8.23. The van der Waals surface area contributed by atoms with Crippen molar-refractivity contribution < 1.29 is 38.1 Å². The zero-order valence-corrected chi connectivity index (χ0v) is 24.1. The summed E-state index contributed by atoms with van der Waals surface area (Å²) in [6, 6.07) is 14.9. The second kappa shape index (κ2) is 14.5. The molecule has 0 bridgehead atoms. The number of aryl methyl sites for hydroxylation is 1. The van der Waals surface area contributed by atoms with Crippen LogP contribution in [-0.2, 0) is 22.6 Å². The van der Waals surface area contributed by atoms with Crippen LogP contribution < -0.4 is 9.47 Å². The van der Waals surface area contributed by atoms with E-state index in [-0.39, 0.29) is 37.0 Å². The van der Waals surface area contributed by atoms with Crippen LogP contribution in [0.4, 0.5) is 8.78 Å². The Morgan fingerprint density at radius 2 is 1.67 bits per heavy atom. The molecule has 2 N–H and O–H groups in total. The summed E-state index contributed by atoms with van der Waals surface area (Å²) < 4.78 is 39.6. The van der Waals surface area contributed by atoms with Crippen LogP contribution in [0.5, 0.6) is 11.5 Å². The van der Waals surface area contributed by atoms with E-state index in [9.17, 15) is 23.5 Å². The van der Waals surface area contributed by atoms with Crippen molar-refractivity contribution in [2.45, 2.75) is 32.7 Å². The third-order valence-electron chi connectivity index (χ3n) is 6.76. The fraction of sp³-hybridized carbons (Fsp3) is 0.212. The summed E-state index contributed by atoms with van der Waals surface area (Å²) in [5, 5.41) is 19.2. The van der Waals surface area contributed by atoms with E-state index in [1.165, 1.54) is 0 Å². The minimum Gasteiger partial charge on any atom is -0.490 e. The maximum atomic E-state index is 13.5. The van der Waals surface area contributed by atoms with Gasteiger partial charge in [0.1, 0.15) is 47.9 Å². The summed E-state index contributed by atoms with van der Waals surface area (Å²) in [5.41, 5.74) is 4.33. The van der Waals surface area contributed by atoms with Gasteiger partial charge in [-0.3, -0.25) is 9.59 Å². The van der Waals surface area contributed by atoms with Crippen molar-refractivity contribution in [2.75, 3.05) is 13.2 Å². The molecule has 0 atom stereocenters. The van der Waals surface area contributed by atoms with Crippen molar-refractivity contribution in [2.24, 2.45) is 0 Å². The number of rotatable bonds is 14. The van der Waals surface area contributed by atoms with Gasteiger partial charge in [-0.15, -0.1) is 0 Å². The standard InChI is InChI=1S/C33H30ClF2NO6/c1-21-26(7-5-9-30(38)39)27-8-4-6-23(33(27)37(21)20-31(40)41)13-10-22-11-14-25(15-12-22)42-16-2-3-17-43-29-19-24(35)18-28(36)32(29)34/h2-4,6,8,10-15,18-19H,5,7,9,16-17,20H2,1H3,(H,38,39)(H,40,41)/b3-2+,13-10?. The Bertz CT molecular complexity index is 1680. The van der Waals surface area contributed by atoms with Crippen molar-refractivity contribution in [3.05, 3.63) is 106 Å². The summed E-state index contributed by atoms with van der Waals surface area (Å²) in [6.45, 7) is 1.98. The first-order valence-corrected chi connectivity index (χ1v) is 13.9. The van der Waals surface area contributed by atoms with Gasteiger partial charge >= 0.3 is 11.9 Å². The Balaban J connectivity index is 1.40. The van der Waals surface area contributed by atoms with Crippen molar-refractivity contribution in [3.8, 4) is 11.5 Å². The molecule has 0 aliphatic carbocycles. The van der Waals surface area contributed by atoms with Gasteiger partial charge in [-0.05, 0) is 60.7 Å². The number of benzene rings is 3. The molecule has 0 spiro atoms. The Labute approximate surface area is 252 Å². The molecule has 0 fully saturated rings. The molecule has 0 aliphatic heterocycles. The van der Waals surface area contributed by atoms with Crippen molar-refractivity contribution in [1.29, 1.82) is 0 Å². The Kier molecular flexibility index (Phi) is 10.6. The van der Waals surface area contributed by atoms with E-state index in [1.54, 1.807) is 16.7 Å². The normalized spacial score (nSPS) is 11.5. The van der Waals surface area contributed by atoms with Gasteiger partial charge in [0.05, 0.1) is 5.52 Å². The van der Waals surface area contributed by atoms with Crippen LogP contribution in [0.2, 0.25) is 5.02 Å². The molecule has 43 heavy (non-hydrogen) atoms. The summed E-state index contributed by atoms with van der Waals surface area (Å²) >= 11 is 5.78. The Morgan fingerprint density at radius 1 is 0.953 bits per heavy atom. The molecule has 7 nitrogen and oxygen atoms in total. The highest BCUT2D eigenvalue weighted by atomic mass is 35.5. The number of aliphatic carboxylic acids is 2. The van der Waals surface area contributed by atoms with Crippen LogP contribution in [0.15, 0.2) is 66.7 Å². The van der Waals surface area contributed by atoms with Crippen LogP contribution in [0.1, 0.15) is 35.2 Å². The van der Waals surface area contributed by atoms with E-state index in [4.69, 9.17) is 26.2 Å². The van der Waals surface area contributed by atoms with E-state index in [2.05, 4.69) is 0 Å². The summed E-state index contributed by atoms with van der Waals surface area (Å²) in [5.74, 6) is -2.92. The Hall–Kier alpha value is -4.63. The maximum absolute atomic E-state index is 13.5. The van der Waals surface area contributed by atoms with Gasteiger partial charge in [-0.1, -0.05) is 54.1 Å². The van der Waals surface area contributed by atoms with E-state index < -0.39 is 23.6 Å². The van der Waals surface area contributed by atoms with Crippen molar-refractivity contribution in [3.63, 3.8) is 0 Å². The molecule has 0 aliphatic rings. The van der Waals surface area contributed by atoms with E-state index >= 15 is 0 Å². The van der Waals surface area contributed by atoms with Crippen LogP contribution in [0.25, 0.3) is 23.1 Å². The average molecular weight is 610 g/mol. The molecule has 1 heterocycles. The molecule has 4 rings (SSSR count). The monoisotopic (exact) mass is 609 g/mol. The van der Waals surface area contributed by atoms with Crippen molar-refractivity contribution >= 4 is 46.6 Å². The van der Waals surface area contributed by atoms with Gasteiger partial charge in [-0.2, -0.15) is 0 Å². The smallest absolute Gasteiger partial charge is 0.323 e. The van der Waals surface area contributed by atoms with E-state index in [0.717, 1.165) is 39.4 Å². The van der Waals surface area contributed by atoms with Crippen molar-refractivity contribution in [1.82, 2.24) is 4.57 Å². The minimum absolute atomic E-state index is 0.0449. The first-order chi connectivity index (χ1) is 20.6. The molecule has 10 heteroatoms. The number of hydrogen-bond acceptors (Lipinski definition) is 4. The zero-order chi connectivity index (χ0) is 30.9. The zero-order valence-electron chi connectivity index (χ0n) is 23.4. The minimum atomic E-state index is -0.958. The lowest BCUT2D eigenvalue weighted by Gasteiger charge is -2.08. The van der Waals surface area contributed by atoms with Crippen LogP contribution >= 0.6 is 11.6 Å². The van der Waals surface area contributed by atoms with Gasteiger partial charge in [0.25, 0.3) is 0 Å². The highest BCUT2D eigenvalue weighted by Crippen LogP contribution is 2.31. The molecule has 4 aromatic rings. The molecule has 0 unspecified atom stereocenters. The van der Waals surface area contributed by atoms with Crippen LogP contribution in [0.3, 0.4) is 0 Å². The number of carboxylic acids is 2. The molecule has 0 amide bonds. The third-order valence-corrected chi connectivity index (χ3v) is 7.12. The lowest BCUT2D eigenvalue weighted by Crippen LogP contribution is -2.10. The van der Waals surface area contributed by atoms with E-state index in [1.807, 2.05) is 61.5 Å². The first-order valence-electron chi connectivity index (χ1n) is 13.5. The predicted octanol–water partition coefficient (Wildman–Crippen LogP) is 7.56. The Morgan fingerprint density at radius 3 is 2.37 bits per heavy atom. The SMILES string of the molecule is Cc1c(CCCC(=O)O)c2cccc(C=Cc3ccc(OC/C=C/COc4cc(F)cc(F)c4Cl)cc3)c2n1CC(=O)O. The summed E-state index contributed by atoms with van der Waals surface area (Å²) in [4.78, 5) is 22.7. The molecule has 1 aromatic heterocycles. The fourth-order valence-electron chi connectivity index (χ4n) is 4.75. The maximum Gasteiger partial charge on any atom is 0.323 e. The highest BCUT2D eigenvalue weighted by molar-refractivity contribution is 6.32. The molecule has 0 radical (unpaired) electrons. The average Bonchev–Trinajstić information content (AvgIpc) is 3.22. The summed E-state index contributed by atoms with van der Waals surface area (Å²) in [7, 11) is 0. The number of ether oxygens (including phenoxy) is 2. The number of para-hydroxylation sites is 1. The molecule has 0 saturated carbocycles. The summed E-state index contributed by atoms with van der Waals surface area (Å²) in [6.07, 6.45) is 8.26. The first kappa shape index (κ1) is 31.3. The second-order valence-corrected chi connectivity index (χ2v) is 10.1. The van der Waals surface area contributed by atoms with Crippen LogP contribution in [-0.4, -0.2) is 39.9 Å². The van der Waals surface area contributed by atoms with Gasteiger partial charge in [0.2, 0.25) is 0 Å². The molecular weight excluding hydrogens is 580 g/mol. The number of halogens is 3. The lowest BCUT2D eigenvalue weighted by molar-refractivity contribution is -0.138. The number of fused-ring (bicyclic) bond motifs is 1. The number of carboxylic acid groups (broad SMARTS) is 2. The number of carbonyl (C=O) groups is 2. The van der Waals surface area contributed by atoms with E-state index in [0.29, 0.717) is 24.7 Å². The number of hydrogen-bond donors (Lipinski definition) is 2. The topological polar surface area (TPSA) is 98.0 Å².